The fourth-order valence-electron chi connectivity index (χ4n) is 0.896. The molecule has 2 aromatic rings. The first-order chi connectivity index (χ1) is 5.66. The number of rotatable bonds is 0. The van der Waals surface area contributed by atoms with Gasteiger partial charge in [0.15, 0.2) is 15.0 Å². The van der Waals surface area contributed by atoms with Crippen LogP contribution in [0.15, 0.2) is 4.79 Å². The standard InChI is InChI=1S/C5H4IN5O.ClH/c6-4-8-1-2(9-4)10-5(7)11-3(1)12;/h(H4,7,8,9,10,11,12);1H. The third-order valence-electron chi connectivity index (χ3n) is 1.35. The molecule has 0 saturated heterocycles. The van der Waals surface area contributed by atoms with Gasteiger partial charge in [-0.25, -0.2) is 4.98 Å². The number of nitrogens with zero attached hydrogens (tertiary/aromatic N) is 2. The summed E-state index contributed by atoms with van der Waals surface area (Å²) in [6, 6.07) is 0. The first kappa shape index (κ1) is 10.3. The zero-order valence-corrected chi connectivity index (χ0v) is 9.14. The normalized spacial score (nSPS) is 9.92. The van der Waals surface area contributed by atoms with Crippen molar-refractivity contribution in [3.63, 3.8) is 0 Å². The highest BCUT2D eigenvalue weighted by Crippen LogP contribution is 2.05. The molecule has 2 aromatic heterocycles. The fourth-order valence-corrected chi connectivity index (χ4v) is 1.39. The smallest absolute Gasteiger partial charge is 0.278 e. The van der Waals surface area contributed by atoms with Crippen LogP contribution in [0.3, 0.4) is 0 Å². The SMILES string of the molecule is Cl.Nc1nc2nc(I)[nH]c2c(=O)[nH]1. The summed E-state index contributed by atoms with van der Waals surface area (Å²) in [6.07, 6.45) is 0. The van der Waals surface area contributed by atoms with Crippen molar-refractivity contribution in [2.75, 3.05) is 5.73 Å². The zero-order chi connectivity index (χ0) is 8.72. The van der Waals surface area contributed by atoms with Crippen molar-refractivity contribution in [1.82, 2.24) is 19.9 Å². The second kappa shape index (κ2) is 3.50. The van der Waals surface area contributed by atoms with Crippen LogP contribution in [0.2, 0.25) is 0 Å². The van der Waals surface area contributed by atoms with Gasteiger partial charge >= 0.3 is 0 Å². The average Bonchev–Trinajstić information content (AvgIpc) is 2.29. The van der Waals surface area contributed by atoms with Gasteiger partial charge in [-0.3, -0.25) is 9.78 Å². The number of nitrogens with two attached hydrogens (primary N) is 1. The number of hydrogen-bond acceptors (Lipinski definition) is 4. The second-order valence-corrected chi connectivity index (χ2v) is 3.20. The Bertz CT molecular complexity index is 491. The topological polar surface area (TPSA) is 100 Å². The molecule has 0 bridgehead atoms. The van der Waals surface area contributed by atoms with Crippen LogP contribution in [0.5, 0.6) is 0 Å². The van der Waals surface area contributed by atoms with E-state index in [2.05, 4.69) is 19.9 Å². The lowest BCUT2D eigenvalue weighted by atomic mass is 10.5. The van der Waals surface area contributed by atoms with Crippen molar-refractivity contribution in [3.05, 3.63) is 14.2 Å². The fraction of sp³-hybridized carbons (Fsp3) is 0. The van der Waals surface area contributed by atoms with E-state index in [1.165, 1.54) is 0 Å². The maximum absolute atomic E-state index is 11.2. The van der Waals surface area contributed by atoms with Crippen LogP contribution in [-0.2, 0) is 0 Å². The lowest BCUT2D eigenvalue weighted by molar-refractivity contribution is 1.17. The van der Waals surface area contributed by atoms with E-state index in [9.17, 15) is 4.79 Å². The van der Waals surface area contributed by atoms with Crippen molar-refractivity contribution in [3.8, 4) is 0 Å². The number of H-pyrrole nitrogens is 2. The maximum Gasteiger partial charge on any atom is 0.278 e. The Kier molecular flexibility index (Phi) is 2.76. The molecule has 0 aliphatic rings. The molecule has 4 N–H and O–H groups in total. The summed E-state index contributed by atoms with van der Waals surface area (Å²) in [5.41, 5.74) is 5.72. The first-order valence-electron chi connectivity index (χ1n) is 3.08. The van der Waals surface area contributed by atoms with Crippen molar-refractivity contribution >= 4 is 52.1 Å². The number of nitrogens with one attached hydrogen (secondary N) is 2. The molecule has 2 heterocycles. The van der Waals surface area contributed by atoms with Gasteiger partial charge in [0.2, 0.25) is 5.95 Å². The third kappa shape index (κ3) is 1.75. The molecule has 0 aliphatic heterocycles. The Hall–Kier alpha value is -0.830. The molecule has 0 aromatic carbocycles. The highest BCUT2D eigenvalue weighted by atomic mass is 127. The van der Waals surface area contributed by atoms with Crippen LogP contribution in [0.1, 0.15) is 0 Å². The molecular formula is C5H5ClIN5O. The Balaban J connectivity index is 0.000000845. The minimum absolute atomic E-state index is 0. The molecule has 0 fully saturated rings. The number of anilines is 1. The molecule has 6 nitrogen and oxygen atoms in total. The monoisotopic (exact) mass is 313 g/mol. The number of halogens is 2. The molecular weight excluding hydrogens is 308 g/mol. The average molecular weight is 313 g/mol. The number of aromatic amines is 2. The Morgan fingerprint density at radius 1 is 1.31 bits per heavy atom. The van der Waals surface area contributed by atoms with Gasteiger partial charge in [-0.05, 0) is 22.6 Å². The summed E-state index contributed by atoms with van der Waals surface area (Å²) < 4.78 is 0.617. The molecule has 13 heavy (non-hydrogen) atoms. The largest absolute Gasteiger partial charge is 0.369 e. The summed E-state index contributed by atoms with van der Waals surface area (Å²) >= 11 is 1.96. The predicted octanol–water partition coefficient (Wildman–Crippen LogP) is 0.255. The van der Waals surface area contributed by atoms with Crippen LogP contribution in [0.4, 0.5) is 5.95 Å². The number of fused-ring (bicyclic) bond motifs is 1. The van der Waals surface area contributed by atoms with Crippen LogP contribution < -0.4 is 11.3 Å². The number of nitrogen functional groups attached to an aromatic ring is 1. The lowest BCUT2D eigenvalue weighted by Gasteiger charge is -1.89. The first-order valence-corrected chi connectivity index (χ1v) is 4.15. The molecule has 0 radical (unpaired) electrons. The highest BCUT2D eigenvalue weighted by molar-refractivity contribution is 14.1. The van der Waals surface area contributed by atoms with E-state index >= 15 is 0 Å². The summed E-state index contributed by atoms with van der Waals surface area (Å²) in [5, 5.41) is 0. The molecule has 0 aliphatic carbocycles. The van der Waals surface area contributed by atoms with Gasteiger partial charge in [0, 0.05) is 0 Å². The van der Waals surface area contributed by atoms with Crippen molar-refractivity contribution in [2.45, 2.75) is 0 Å². The molecule has 0 spiro atoms. The molecule has 0 atom stereocenters. The van der Waals surface area contributed by atoms with E-state index in [-0.39, 0.29) is 23.9 Å². The van der Waals surface area contributed by atoms with Gasteiger partial charge in [0.25, 0.3) is 5.56 Å². The maximum atomic E-state index is 11.2. The van der Waals surface area contributed by atoms with E-state index in [4.69, 9.17) is 5.73 Å². The summed E-state index contributed by atoms with van der Waals surface area (Å²) in [4.78, 5) is 24.1. The van der Waals surface area contributed by atoms with E-state index in [0.29, 0.717) is 15.0 Å². The van der Waals surface area contributed by atoms with Gasteiger partial charge in [0.1, 0.15) is 0 Å². The second-order valence-electron chi connectivity index (χ2n) is 2.18. The molecule has 0 amide bonds. The van der Waals surface area contributed by atoms with Gasteiger partial charge < -0.3 is 10.7 Å². The van der Waals surface area contributed by atoms with Crippen LogP contribution in [-0.4, -0.2) is 19.9 Å². The van der Waals surface area contributed by atoms with Gasteiger partial charge in [-0.2, -0.15) is 4.98 Å². The number of hydrogen-bond donors (Lipinski definition) is 3. The Morgan fingerprint density at radius 2 is 2.00 bits per heavy atom. The summed E-state index contributed by atoms with van der Waals surface area (Å²) in [5.74, 6) is 0.0791. The summed E-state index contributed by atoms with van der Waals surface area (Å²) in [7, 11) is 0. The van der Waals surface area contributed by atoms with Crippen LogP contribution in [0, 0.1) is 3.83 Å². The molecule has 0 unspecified atom stereocenters. The van der Waals surface area contributed by atoms with E-state index in [0.717, 1.165) is 0 Å². The van der Waals surface area contributed by atoms with E-state index < -0.39 is 0 Å². The van der Waals surface area contributed by atoms with Gasteiger partial charge in [-0.15, -0.1) is 12.4 Å². The Morgan fingerprint density at radius 3 is 2.69 bits per heavy atom. The predicted molar refractivity (Wildman–Crippen MR) is 58.9 cm³/mol. The minimum Gasteiger partial charge on any atom is -0.369 e. The highest BCUT2D eigenvalue weighted by Gasteiger charge is 2.05. The van der Waals surface area contributed by atoms with E-state index in [1.807, 2.05) is 22.6 Å². The van der Waals surface area contributed by atoms with Crippen LogP contribution in [0.25, 0.3) is 11.2 Å². The van der Waals surface area contributed by atoms with Crippen molar-refractivity contribution in [2.24, 2.45) is 0 Å². The molecule has 70 valence electrons. The minimum atomic E-state index is -0.298. The van der Waals surface area contributed by atoms with Crippen molar-refractivity contribution in [1.29, 1.82) is 0 Å². The third-order valence-corrected chi connectivity index (χ3v) is 1.86. The Labute approximate surface area is 91.9 Å². The van der Waals surface area contributed by atoms with Gasteiger partial charge in [0.05, 0.1) is 0 Å². The quantitative estimate of drug-likeness (QED) is 0.479. The van der Waals surface area contributed by atoms with Gasteiger partial charge in [-0.1, -0.05) is 0 Å². The van der Waals surface area contributed by atoms with E-state index in [1.54, 1.807) is 0 Å². The molecule has 2 rings (SSSR count). The lowest BCUT2D eigenvalue weighted by Crippen LogP contribution is -2.10. The van der Waals surface area contributed by atoms with Crippen molar-refractivity contribution < 1.29 is 0 Å². The molecule has 8 heteroatoms. The zero-order valence-electron chi connectivity index (χ0n) is 6.17. The number of aromatic nitrogens is 4. The summed E-state index contributed by atoms with van der Waals surface area (Å²) in [6.45, 7) is 0. The molecule has 0 saturated carbocycles. The van der Waals surface area contributed by atoms with Crippen LogP contribution >= 0.6 is 35.0 Å². The number of imidazole rings is 1.